The van der Waals surface area contributed by atoms with Gasteiger partial charge in [-0.25, -0.2) is 0 Å². The second-order valence-electron chi connectivity index (χ2n) is 4.41. The average molecular weight is 343 g/mol. The summed E-state index contributed by atoms with van der Waals surface area (Å²) in [5.74, 6) is 5.33. The molecule has 1 aromatic heterocycles. The van der Waals surface area contributed by atoms with Crippen LogP contribution in [0.1, 0.15) is 31.2 Å². The van der Waals surface area contributed by atoms with Gasteiger partial charge in [0.1, 0.15) is 0 Å². The number of nitrogens with zero attached hydrogens (tertiary/aromatic N) is 2. The quantitative estimate of drug-likeness (QED) is 0.616. The van der Waals surface area contributed by atoms with Crippen molar-refractivity contribution in [3.63, 3.8) is 0 Å². The highest BCUT2D eigenvalue weighted by Gasteiger charge is 2.28. The largest absolute Gasteiger partial charge is 0.389 e. The predicted octanol–water partition coefficient (Wildman–Crippen LogP) is 2.46. The Morgan fingerprint density at radius 3 is 2.53 bits per heavy atom. The predicted molar refractivity (Wildman–Crippen MR) is 70.4 cm³/mol. The van der Waals surface area contributed by atoms with Crippen molar-refractivity contribution in [3.8, 4) is 0 Å². The van der Waals surface area contributed by atoms with E-state index in [9.17, 15) is 13.2 Å². The maximum Gasteiger partial charge on any atom is 0.389 e. The van der Waals surface area contributed by atoms with Gasteiger partial charge < -0.3 is 0 Å². The van der Waals surface area contributed by atoms with Crippen LogP contribution >= 0.6 is 15.9 Å². The average Bonchev–Trinajstić information content (AvgIpc) is 2.59. The fraction of sp³-hybridized carbons (Fsp3) is 0.727. The highest BCUT2D eigenvalue weighted by molar-refractivity contribution is 9.10. The van der Waals surface area contributed by atoms with Gasteiger partial charge in [-0.05, 0) is 28.8 Å². The zero-order chi connectivity index (χ0) is 14.6. The van der Waals surface area contributed by atoms with Crippen LogP contribution < -0.4 is 11.3 Å². The van der Waals surface area contributed by atoms with Crippen LogP contribution in [0.15, 0.2) is 4.47 Å². The minimum atomic E-state index is -4.16. The zero-order valence-electron chi connectivity index (χ0n) is 10.9. The molecule has 1 aromatic rings. The van der Waals surface area contributed by atoms with E-state index in [0.29, 0.717) is 6.42 Å². The Balaban J connectivity index is 2.73. The lowest BCUT2D eigenvalue weighted by Crippen LogP contribution is -2.38. The zero-order valence-corrected chi connectivity index (χ0v) is 12.5. The van der Waals surface area contributed by atoms with Gasteiger partial charge in [-0.2, -0.15) is 18.3 Å². The summed E-state index contributed by atoms with van der Waals surface area (Å²) in [4.78, 5) is 0. The van der Waals surface area contributed by atoms with Crippen LogP contribution in [0.3, 0.4) is 0 Å². The highest BCUT2D eigenvalue weighted by atomic mass is 79.9. The van der Waals surface area contributed by atoms with Gasteiger partial charge in [0.25, 0.3) is 0 Å². The summed E-state index contributed by atoms with van der Waals surface area (Å²) >= 11 is 3.44. The molecule has 0 aliphatic heterocycles. The van der Waals surface area contributed by atoms with E-state index in [1.54, 1.807) is 11.7 Å². The van der Waals surface area contributed by atoms with Crippen LogP contribution in [-0.4, -0.2) is 22.0 Å². The molecule has 0 saturated heterocycles. The van der Waals surface area contributed by atoms with Crippen molar-refractivity contribution in [1.29, 1.82) is 0 Å². The van der Waals surface area contributed by atoms with Gasteiger partial charge in [-0.1, -0.05) is 6.92 Å². The molecule has 0 saturated carbocycles. The SMILES string of the molecule is CCc1nn(C)c(CC(CCC(F)(F)F)NN)c1Br. The lowest BCUT2D eigenvalue weighted by molar-refractivity contribution is -0.136. The molecule has 8 heteroatoms. The number of halogens is 4. The normalized spacial score (nSPS) is 13.8. The first-order valence-electron chi connectivity index (χ1n) is 6.01. The second-order valence-corrected chi connectivity index (χ2v) is 5.20. The minimum absolute atomic E-state index is 0.0565. The fourth-order valence-electron chi connectivity index (χ4n) is 1.86. The van der Waals surface area contributed by atoms with Crippen LogP contribution in [0, 0.1) is 0 Å². The Labute approximate surface area is 118 Å². The second kappa shape index (κ2) is 6.71. The summed E-state index contributed by atoms with van der Waals surface area (Å²) in [7, 11) is 1.77. The number of aromatic nitrogens is 2. The summed E-state index contributed by atoms with van der Waals surface area (Å²) in [5, 5.41) is 4.30. The van der Waals surface area contributed by atoms with Gasteiger partial charge in [0, 0.05) is 25.9 Å². The lowest BCUT2D eigenvalue weighted by Gasteiger charge is -2.17. The van der Waals surface area contributed by atoms with Crippen LogP contribution in [0.4, 0.5) is 13.2 Å². The van der Waals surface area contributed by atoms with Crippen LogP contribution in [0.25, 0.3) is 0 Å². The van der Waals surface area contributed by atoms with Gasteiger partial charge in [0.2, 0.25) is 0 Å². The molecule has 1 rings (SSSR count). The monoisotopic (exact) mass is 342 g/mol. The Morgan fingerprint density at radius 1 is 1.47 bits per heavy atom. The molecule has 1 unspecified atom stereocenters. The maximum absolute atomic E-state index is 12.2. The van der Waals surface area contributed by atoms with Gasteiger partial charge in [0.15, 0.2) is 0 Å². The number of nitrogens with one attached hydrogen (secondary N) is 1. The molecular weight excluding hydrogens is 325 g/mol. The summed E-state index contributed by atoms with van der Waals surface area (Å²) in [6.45, 7) is 1.97. The number of alkyl halides is 3. The number of hydrogen-bond acceptors (Lipinski definition) is 3. The standard InChI is InChI=1S/C11H18BrF3N4/c1-3-8-10(12)9(19(2)18-8)6-7(17-16)4-5-11(13,14)15/h7,17H,3-6,16H2,1-2H3. The van der Waals surface area contributed by atoms with Crippen molar-refractivity contribution >= 4 is 15.9 Å². The topological polar surface area (TPSA) is 55.9 Å². The molecule has 110 valence electrons. The number of rotatable bonds is 6. The van der Waals surface area contributed by atoms with Gasteiger partial charge in [-0.15, -0.1) is 0 Å². The molecule has 0 aliphatic carbocycles. The molecule has 1 atom stereocenters. The lowest BCUT2D eigenvalue weighted by atomic mass is 10.1. The maximum atomic E-state index is 12.2. The third-order valence-corrected chi connectivity index (χ3v) is 3.87. The van der Waals surface area contributed by atoms with E-state index < -0.39 is 18.6 Å². The summed E-state index contributed by atoms with van der Waals surface area (Å²) in [6, 6.07) is -0.432. The van der Waals surface area contributed by atoms with E-state index in [2.05, 4.69) is 26.5 Å². The van der Waals surface area contributed by atoms with Gasteiger partial charge >= 0.3 is 6.18 Å². The van der Waals surface area contributed by atoms with Crippen molar-refractivity contribution in [1.82, 2.24) is 15.2 Å². The van der Waals surface area contributed by atoms with Gasteiger partial charge in [-0.3, -0.25) is 16.0 Å². The molecule has 0 amide bonds. The Kier molecular flexibility index (Phi) is 5.82. The summed E-state index contributed by atoms with van der Waals surface area (Å²) in [5.41, 5.74) is 4.18. The van der Waals surface area contributed by atoms with Crippen molar-refractivity contribution in [2.24, 2.45) is 12.9 Å². The summed E-state index contributed by atoms with van der Waals surface area (Å²) < 4.78 is 39.2. The molecule has 0 aliphatic rings. The molecule has 0 spiro atoms. The molecule has 0 aromatic carbocycles. The number of aryl methyl sites for hydroxylation is 2. The number of nitrogens with two attached hydrogens (primary N) is 1. The van der Waals surface area contributed by atoms with E-state index in [1.165, 1.54) is 0 Å². The fourth-order valence-corrected chi connectivity index (χ4v) is 2.64. The third kappa shape index (κ3) is 4.77. The molecule has 19 heavy (non-hydrogen) atoms. The van der Waals surface area contributed by atoms with E-state index in [-0.39, 0.29) is 6.42 Å². The smallest absolute Gasteiger partial charge is 0.271 e. The van der Waals surface area contributed by atoms with Crippen molar-refractivity contribution in [3.05, 3.63) is 15.9 Å². The minimum Gasteiger partial charge on any atom is -0.271 e. The highest BCUT2D eigenvalue weighted by Crippen LogP contribution is 2.26. The Morgan fingerprint density at radius 2 is 2.11 bits per heavy atom. The molecule has 0 bridgehead atoms. The summed E-state index contributed by atoms with van der Waals surface area (Å²) in [6.07, 6.45) is -3.90. The molecule has 0 radical (unpaired) electrons. The van der Waals surface area contributed by atoms with E-state index in [1.807, 2.05) is 6.92 Å². The first-order chi connectivity index (χ1) is 8.78. The first-order valence-corrected chi connectivity index (χ1v) is 6.80. The van der Waals surface area contributed by atoms with Crippen molar-refractivity contribution in [2.75, 3.05) is 0 Å². The van der Waals surface area contributed by atoms with E-state index in [0.717, 1.165) is 22.3 Å². The van der Waals surface area contributed by atoms with Crippen molar-refractivity contribution < 1.29 is 13.2 Å². The van der Waals surface area contributed by atoms with E-state index >= 15 is 0 Å². The molecule has 3 N–H and O–H groups in total. The third-order valence-electron chi connectivity index (χ3n) is 2.95. The van der Waals surface area contributed by atoms with E-state index in [4.69, 9.17) is 5.84 Å². The van der Waals surface area contributed by atoms with Gasteiger partial charge in [0.05, 0.1) is 15.9 Å². The van der Waals surface area contributed by atoms with Crippen LogP contribution in [0.2, 0.25) is 0 Å². The number of hydrazine groups is 1. The van der Waals surface area contributed by atoms with Crippen LogP contribution in [0.5, 0.6) is 0 Å². The molecule has 4 nitrogen and oxygen atoms in total. The number of hydrogen-bond donors (Lipinski definition) is 2. The Hall–Kier alpha value is -0.600. The molecule has 0 fully saturated rings. The van der Waals surface area contributed by atoms with Crippen LogP contribution in [-0.2, 0) is 19.9 Å². The molecule has 1 heterocycles. The first kappa shape index (κ1) is 16.5. The molecular formula is C11H18BrF3N4. The Bertz CT molecular complexity index is 417. The van der Waals surface area contributed by atoms with Crippen molar-refractivity contribution in [2.45, 2.75) is 44.8 Å².